The van der Waals surface area contributed by atoms with E-state index in [1.807, 2.05) is 53.6 Å². The van der Waals surface area contributed by atoms with Crippen LogP contribution >= 0.6 is 0 Å². The van der Waals surface area contributed by atoms with Crippen molar-refractivity contribution < 1.29 is 14.3 Å². The fraction of sp³-hybridized carbons (Fsp3) is 0.346. The highest BCUT2D eigenvalue weighted by Crippen LogP contribution is 2.41. The molecular formula is C26H28N4O3. The third-order valence-corrected chi connectivity index (χ3v) is 6.82. The summed E-state index contributed by atoms with van der Waals surface area (Å²) < 4.78 is 7.16. The van der Waals surface area contributed by atoms with Gasteiger partial charge in [0.25, 0.3) is 5.91 Å². The fourth-order valence-corrected chi connectivity index (χ4v) is 5.27. The number of anilines is 1. The number of fused-ring (bicyclic) bond motifs is 1. The molecule has 1 aliphatic heterocycles. The van der Waals surface area contributed by atoms with Gasteiger partial charge in [0, 0.05) is 18.3 Å². The third kappa shape index (κ3) is 4.11. The Morgan fingerprint density at radius 3 is 2.58 bits per heavy atom. The Hall–Kier alpha value is -3.61. The van der Waals surface area contributed by atoms with Gasteiger partial charge < -0.3 is 15.0 Å². The van der Waals surface area contributed by atoms with E-state index >= 15 is 0 Å². The molecule has 1 saturated carbocycles. The minimum atomic E-state index is -0.530. The molecule has 0 spiro atoms. The monoisotopic (exact) mass is 444 g/mol. The van der Waals surface area contributed by atoms with Crippen molar-refractivity contribution in [3.63, 3.8) is 0 Å². The van der Waals surface area contributed by atoms with Crippen LogP contribution in [-0.2, 0) is 4.79 Å². The first-order valence-electron chi connectivity index (χ1n) is 11.5. The van der Waals surface area contributed by atoms with Crippen LogP contribution in [0.2, 0.25) is 0 Å². The SMILES string of the molecule is COc1ccccc1C(=O)N1C(C(=O)Nc2ccn(-c3ccccc3)n2)CC2CCCCC21. The second kappa shape index (κ2) is 9.10. The van der Waals surface area contributed by atoms with Crippen LogP contribution in [0.4, 0.5) is 5.82 Å². The lowest BCUT2D eigenvalue weighted by molar-refractivity contribution is -0.120. The van der Waals surface area contributed by atoms with Crippen molar-refractivity contribution in [3.8, 4) is 11.4 Å². The van der Waals surface area contributed by atoms with Crippen molar-refractivity contribution in [2.75, 3.05) is 12.4 Å². The Morgan fingerprint density at radius 2 is 1.76 bits per heavy atom. The first kappa shape index (κ1) is 21.2. The van der Waals surface area contributed by atoms with Gasteiger partial charge in [-0.1, -0.05) is 43.2 Å². The summed E-state index contributed by atoms with van der Waals surface area (Å²) in [6.07, 6.45) is 6.69. The van der Waals surface area contributed by atoms with Gasteiger partial charge in [-0.25, -0.2) is 4.68 Å². The van der Waals surface area contributed by atoms with E-state index in [4.69, 9.17) is 4.74 Å². The second-order valence-electron chi connectivity index (χ2n) is 8.75. The lowest BCUT2D eigenvalue weighted by atomic mass is 9.84. The van der Waals surface area contributed by atoms with Gasteiger partial charge in [-0.05, 0) is 49.4 Å². The van der Waals surface area contributed by atoms with Gasteiger partial charge in [0.1, 0.15) is 11.8 Å². The number of nitrogens with one attached hydrogen (secondary N) is 1. The Bertz CT molecular complexity index is 1140. The van der Waals surface area contributed by atoms with E-state index in [2.05, 4.69) is 10.4 Å². The molecule has 0 radical (unpaired) electrons. The van der Waals surface area contributed by atoms with Crippen LogP contribution in [0.1, 0.15) is 42.5 Å². The number of para-hydroxylation sites is 2. The molecule has 1 saturated heterocycles. The van der Waals surface area contributed by atoms with Crippen LogP contribution in [0.5, 0.6) is 5.75 Å². The average molecular weight is 445 g/mol. The minimum Gasteiger partial charge on any atom is -0.496 e. The van der Waals surface area contributed by atoms with Gasteiger partial charge in [0.2, 0.25) is 5.91 Å². The minimum absolute atomic E-state index is 0.0776. The predicted octanol–water partition coefficient (Wildman–Crippen LogP) is 4.29. The third-order valence-electron chi connectivity index (χ3n) is 6.82. The molecule has 0 bridgehead atoms. The molecule has 2 aliphatic rings. The molecular weight excluding hydrogens is 416 g/mol. The zero-order valence-corrected chi connectivity index (χ0v) is 18.7. The van der Waals surface area contributed by atoms with E-state index in [0.29, 0.717) is 29.5 Å². The Kier molecular flexibility index (Phi) is 5.86. The molecule has 7 nitrogen and oxygen atoms in total. The summed E-state index contributed by atoms with van der Waals surface area (Å²) in [5.74, 6) is 1.02. The molecule has 2 aromatic carbocycles. The van der Waals surface area contributed by atoms with Crippen LogP contribution in [0, 0.1) is 5.92 Å². The van der Waals surface area contributed by atoms with Crippen LogP contribution in [0.25, 0.3) is 5.69 Å². The number of hydrogen-bond acceptors (Lipinski definition) is 4. The summed E-state index contributed by atoms with van der Waals surface area (Å²) in [6, 6.07) is 18.3. The first-order chi connectivity index (χ1) is 16.2. The van der Waals surface area contributed by atoms with Gasteiger partial charge in [-0.3, -0.25) is 9.59 Å². The normalized spacial score (nSPS) is 22.0. The highest BCUT2D eigenvalue weighted by atomic mass is 16.5. The molecule has 2 amide bonds. The molecule has 5 rings (SSSR count). The quantitative estimate of drug-likeness (QED) is 0.637. The van der Waals surface area contributed by atoms with Crippen LogP contribution < -0.4 is 10.1 Å². The topological polar surface area (TPSA) is 76.5 Å². The number of aromatic nitrogens is 2. The molecule has 170 valence electrons. The number of amides is 2. The Balaban J connectivity index is 1.40. The van der Waals surface area contributed by atoms with E-state index in [-0.39, 0.29) is 17.9 Å². The molecule has 3 aromatic rings. The number of likely N-dealkylation sites (tertiary alicyclic amines) is 1. The van der Waals surface area contributed by atoms with Crippen molar-refractivity contribution in [2.24, 2.45) is 5.92 Å². The number of ether oxygens (including phenoxy) is 1. The first-order valence-corrected chi connectivity index (χ1v) is 11.5. The molecule has 1 aliphatic carbocycles. The number of benzene rings is 2. The maximum absolute atomic E-state index is 13.7. The number of nitrogens with zero attached hydrogens (tertiary/aromatic N) is 3. The largest absolute Gasteiger partial charge is 0.496 e. The highest BCUT2D eigenvalue weighted by Gasteiger charge is 2.48. The molecule has 1 aromatic heterocycles. The summed E-state index contributed by atoms with van der Waals surface area (Å²) >= 11 is 0. The number of hydrogen-bond donors (Lipinski definition) is 1. The lowest BCUT2D eigenvalue weighted by Gasteiger charge is -2.33. The predicted molar refractivity (Wildman–Crippen MR) is 126 cm³/mol. The van der Waals surface area contributed by atoms with E-state index in [9.17, 15) is 9.59 Å². The Labute approximate surface area is 193 Å². The van der Waals surface area contributed by atoms with Crippen molar-refractivity contribution >= 4 is 17.6 Å². The molecule has 3 atom stereocenters. The molecule has 33 heavy (non-hydrogen) atoms. The summed E-state index contributed by atoms with van der Waals surface area (Å²) in [5.41, 5.74) is 1.41. The van der Waals surface area contributed by atoms with Crippen LogP contribution in [0.15, 0.2) is 66.9 Å². The maximum atomic E-state index is 13.7. The van der Waals surface area contributed by atoms with E-state index in [1.165, 1.54) is 0 Å². The van der Waals surface area contributed by atoms with E-state index in [1.54, 1.807) is 30.0 Å². The zero-order chi connectivity index (χ0) is 22.8. The smallest absolute Gasteiger partial charge is 0.258 e. The summed E-state index contributed by atoms with van der Waals surface area (Å²) in [6.45, 7) is 0. The fourth-order valence-electron chi connectivity index (χ4n) is 5.27. The number of carbonyl (C=O) groups is 2. The standard InChI is InChI=1S/C26H28N4O3/c1-33-23-14-8-6-12-20(23)26(32)30-21-13-7-5-9-18(21)17-22(30)25(31)27-24-15-16-29(28-24)19-10-3-2-4-11-19/h2-4,6,8,10-12,14-16,18,21-22H,5,7,9,13,17H2,1H3,(H,27,28,31). The van der Waals surface area contributed by atoms with E-state index < -0.39 is 6.04 Å². The molecule has 1 N–H and O–H groups in total. The van der Waals surface area contributed by atoms with Gasteiger partial charge in [0.05, 0.1) is 18.4 Å². The number of carbonyl (C=O) groups excluding carboxylic acids is 2. The maximum Gasteiger partial charge on any atom is 0.258 e. The molecule has 2 fully saturated rings. The zero-order valence-electron chi connectivity index (χ0n) is 18.7. The van der Waals surface area contributed by atoms with Crippen molar-refractivity contribution in [1.82, 2.24) is 14.7 Å². The summed E-state index contributed by atoms with van der Waals surface area (Å²) in [7, 11) is 1.56. The summed E-state index contributed by atoms with van der Waals surface area (Å²) in [5, 5.41) is 7.45. The molecule has 3 unspecified atom stereocenters. The van der Waals surface area contributed by atoms with Gasteiger partial charge in [-0.15, -0.1) is 0 Å². The van der Waals surface area contributed by atoms with Crippen molar-refractivity contribution in [2.45, 2.75) is 44.2 Å². The molecule has 2 heterocycles. The average Bonchev–Trinajstić information content (AvgIpc) is 3.49. The molecule has 7 heteroatoms. The van der Waals surface area contributed by atoms with E-state index in [0.717, 1.165) is 31.4 Å². The van der Waals surface area contributed by atoms with Gasteiger partial charge >= 0.3 is 0 Å². The van der Waals surface area contributed by atoms with Gasteiger partial charge in [-0.2, -0.15) is 5.10 Å². The second-order valence-corrected chi connectivity index (χ2v) is 8.75. The van der Waals surface area contributed by atoms with Gasteiger partial charge in [0.15, 0.2) is 5.82 Å². The summed E-state index contributed by atoms with van der Waals surface area (Å²) in [4.78, 5) is 28.9. The number of methoxy groups -OCH3 is 1. The van der Waals surface area contributed by atoms with Crippen molar-refractivity contribution in [1.29, 1.82) is 0 Å². The number of rotatable bonds is 5. The van der Waals surface area contributed by atoms with Crippen LogP contribution in [0.3, 0.4) is 0 Å². The van der Waals surface area contributed by atoms with Crippen LogP contribution in [-0.4, -0.2) is 45.7 Å². The lowest BCUT2D eigenvalue weighted by Crippen LogP contribution is -2.48. The Morgan fingerprint density at radius 1 is 1.00 bits per heavy atom. The van der Waals surface area contributed by atoms with Crippen molar-refractivity contribution in [3.05, 3.63) is 72.4 Å². The highest BCUT2D eigenvalue weighted by molar-refractivity contribution is 6.02.